The highest BCUT2D eigenvalue weighted by molar-refractivity contribution is 6.51. The molecule has 6 nitrogen and oxygen atoms in total. The summed E-state index contributed by atoms with van der Waals surface area (Å²) in [7, 11) is 2.79. The number of halogens is 4. The third kappa shape index (κ3) is 4.49. The summed E-state index contributed by atoms with van der Waals surface area (Å²) in [6, 6.07) is 13.2. The van der Waals surface area contributed by atoms with Crippen LogP contribution >= 0.6 is 11.6 Å². The van der Waals surface area contributed by atoms with Crippen LogP contribution in [0.2, 0.25) is 5.02 Å². The van der Waals surface area contributed by atoms with Gasteiger partial charge in [0, 0.05) is 27.9 Å². The number of aliphatic hydroxyl groups is 1. The van der Waals surface area contributed by atoms with Crippen molar-refractivity contribution in [3.8, 4) is 11.5 Å². The SMILES string of the molecule is COc1ccc([C@@H]2/C(=C(\O)c3ccc(Cl)cc3)C(=O)C(=O)N2c2cccc(C(F)(F)F)c2)c(OC)c1. The molecule has 0 saturated carbocycles. The van der Waals surface area contributed by atoms with Crippen molar-refractivity contribution in [2.75, 3.05) is 19.1 Å². The van der Waals surface area contributed by atoms with Crippen molar-refractivity contribution in [3.05, 3.63) is 94.0 Å². The van der Waals surface area contributed by atoms with Crippen LogP contribution in [0.3, 0.4) is 0 Å². The van der Waals surface area contributed by atoms with Crippen LogP contribution in [0.15, 0.2) is 72.3 Å². The molecule has 0 unspecified atom stereocenters. The summed E-state index contributed by atoms with van der Waals surface area (Å²) in [5, 5.41) is 11.5. The van der Waals surface area contributed by atoms with Crippen molar-refractivity contribution >= 4 is 34.7 Å². The molecule has 1 aliphatic rings. The third-order valence-corrected chi connectivity index (χ3v) is 6.00. The highest BCUT2D eigenvalue weighted by atomic mass is 35.5. The van der Waals surface area contributed by atoms with Crippen LogP contribution in [0.4, 0.5) is 18.9 Å². The second kappa shape index (κ2) is 9.58. The fourth-order valence-corrected chi connectivity index (χ4v) is 4.16. The first-order valence-corrected chi connectivity index (χ1v) is 10.9. The van der Waals surface area contributed by atoms with Crippen LogP contribution in [0.25, 0.3) is 5.76 Å². The zero-order valence-electron chi connectivity index (χ0n) is 19.0. The molecule has 4 rings (SSSR count). The zero-order chi connectivity index (χ0) is 26.2. The molecule has 1 N–H and O–H groups in total. The van der Waals surface area contributed by atoms with Gasteiger partial charge in [-0.15, -0.1) is 0 Å². The lowest BCUT2D eigenvalue weighted by Crippen LogP contribution is -2.30. The van der Waals surface area contributed by atoms with Gasteiger partial charge in [0.2, 0.25) is 0 Å². The number of anilines is 1. The predicted molar refractivity (Wildman–Crippen MR) is 127 cm³/mol. The maximum absolute atomic E-state index is 13.4. The molecule has 1 saturated heterocycles. The molecule has 0 spiro atoms. The molecule has 1 amide bonds. The van der Waals surface area contributed by atoms with Crippen molar-refractivity contribution in [3.63, 3.8) is 0 Å². The third-order valence-electron chi connectivity index (χ3n) is 5.75. The van der Waals surface area contributed by atoms with Crippen LogP contribution in [0.1, 0.15) is 22.7 Å². The van der Waals surface area contributed by atoms with E-state index in [1.807, 2.05) is 0 Å². The first kappa shape index (κ1) is 25.1. The Bertz CT molecular complexity index is 1370. The predicted octanol–water partition coefficient (Wildman–Crippen LogP) is 6.00. The first-order valence-electron chi connectivity index (χ1n) is 10.5. The Labute approximate surface area is 209 Å². The van der Waals surface area contributed by atoms with E-state index in [-0.39, 0.29) is 28.1 Å². The van der Waals surface area contributed by atoms with Crippen LogP contribution < -0.4 is 14.4 Å². The van der Waals surface area contributed by atoms with E-state index in [9.17, 15) is 27.9 Å². The normalized spacial score (nSPS) is 17.4. The van der Waals surface area contributed by atoms with E-state index in [0.717, 1.165) is 23.1 Å². The van der Waals surface area contributed by atoms with E-state index in [4.69, 9.17) is 21.1 Å². The number of Topliss-reactive ketones (excluding diaryl/α,β-unsaturated/α-hetero) is 1. The Kier molecular flexibility index (Phi) is 6.69. The standard InChI is InChI=1S/C26H19ClF3NO5/c1-35-18-10-11-19(20(13-18)36-2)22-21(23(32)14-6-8-16(27)9-7-14)24(33)25(34)31(22)17-5-3-4-15(12-17)26(28,29)30/h3-13,22,32H,1-2H3/b23-21+/t22-/m1/s1. The van der Waals surface area contributed by atoms with Crippen molar-refractivity contribution in [2.45, 2.75) is 12.2 Å². The molecule has 3 aromatic carbocycles. The number of benzene rings is 3. The van der Waals surface area contributed by atoms with Crippen molar-refractivity contribution in [2.24, 2.45) is 0 Å². The van der Waals surface area contributed by atoms with Gasteiger partial charge in [0.05, 0.1) is 31.4 Å². The van der Waals surface area contributed by atoms with Gasteiger partial charge in [0.15, 0.2) is 0 Å². The van der Waals surface area contributed by atoms with E-state index < -0.39 is 35.2 Å². The smallest absolute Gasteiger partial charge is 0.416 e. The molecule has 0 bridgehead atoms. The average Bonchev–Trinajstić information content (AvgIpc) is 3.13. The molecule has 0 radical (unpaired) electrons. The van der Waals surface area contributed by atoms with E-state index >= 15 is 0 Å². The zero-order valence-corrected chi connectivity index (χ0v) is 19.7. The topological polar surface area (TPSA) is 76.1 Å². The molecule has 186 valence electrons. The maximum atomic E-state index is 13.4. The highest BCUT2D eigenvalue weighted by Crippen LogP contribution is 2.46. The summed E-state index contributed by atoms with van der Waals surface area (Å²) in [6.45, 7) is 0. The Hall–Kier alpha value is -3.98. The van der Waals surface area contributed by atoms with Crippen molar-refractivity contribution < 1.29 is 37.3 Å². The highest BCUT2D eigenvalue weighted by Gasteiger charge is 2.48. The molecular formula is C26H19ClF3NO5. The number of carbonyl (C=O) groups is 2. The number of nitrogens with zero attached hydrogens (tertiary/aromatic N) is 1. The van der Waals surface area contributed by atoms with Gasteiger partial charge < -0.3 is 14.6 Å². The van der Waals surface area contributed by atoms with Gasteiger partial charge >= 0.3 is 6.18 Å². The summed E-state index contributed by atoms with van der Waals surface area (Å²) in [5.41, 5.74) is -1.04. The lowest BCUT2D eigenvalue weighted by molar-refractivity contribution is -0.137. The Balaban J connectivity index is 2.00. The fourth-order valence-electron chi connectivity index (χ4n) is 4.03. The number of methoxy groups -OCH3 is 2. The quantitative estimate of drug-likeness (QED) is 0.255. The summed E-state index contributed by atoms with van der Waals surface area (Å²) in [5.74, 6) is -2.08. The number of rotatable bonds is 5. The minimum Gasteiger partial charge on any atom is -0.507 e. The Morgan fingerprint density at radius 1 is 0.972 bits per heavy atom. The number of alkyl halides is 3. The maximum Gasteiger partial charge on any atom is 0.416 e. The molecule has 1 heterocycles. The number of amides is 1. The molecule has 1 fully saturated rings. The molecule has 1 atom stereocenters. The number of ether oxygens (including phenoxy) is 2. The Morgan fingerprint density at radius 2 is 1.67 bits per heavy atom. The van der Waals surface area contributed by atoms with E-state index in [2.05, 4.69) is 0 Å². The van der Waals surface area contributed by atoms with Gasteiger partial charge in [0.1, 0.15) is 17.3 Å². The molecule has 10 heteroatoms. The van der Waals surface area contributed by atoms with Gasteiger partial charge in [-0.3, -0.25) is 14.5 Å². The Morgan fingerprint density at radius 3 is 2.28 bits per heavy atom. The summed E-state index contributed by atoms with van der Waals surface area (Å²) >= 11 is 5.93. The summed E-state index contributed by atoms with van der Waals surface area (Å²) < 4.78 is 51.0. The lowest BCUT2D eigenvalue weighted by atomic mass is 9.94. The summed E-state index contributed by atoms with van der Waals surface area (Å²) in [4.78, 5) is 27.4. The van der Waals surface area contributed by atoms with Gasteiger partial charge in [0.25, 0.3) is 11.7 Å². The second-order valence-corrected chi connectivity index (χ2v) is 8.27. The molecule has 36 heavy (non-hydrogen) atoms. The second-order valence-electron chi connectivity index (χ2n) is 7.83. The first-order chi connectivity index (χ1) is 17.1. The molecule has 0 aliphatic carbocycles. The monoisotopic (exact) mass is 517 g/mol. The number of carbonyl (C=O) groups excluding carboxylic acids is 2. The number of ketones is 1. The van der Waals surface area contributed by atoms with E-state index in [1.165, 1.54) is 56.7 Å². The lowest BCUT2D eigenvalue weighted by Gasteiger charge is -2.27. The van der Waals surface area contributed by atoms with Gasteiger partial charge in [-0.25, -0.2) is 0 Å². The summed E-state index contributed by atoms with van der Waals surface area (Å²) in [6.07, 6.45) is -4.68. The van der Waals surface area contributed by atoms with Crippen molar-refractivity contribution in [1.82, 2.24) is 0 Å². The molecule has 0 aromatic heterocycles. The minimum absolute atomic E-state index is 0.176. The molecule has 1 aliphatic heterocycles. The van der Waals surface area contributed by atoms with E-state index in [1.54, 1.807) is 6.07 Å². The average molecular weight is 518 g/mol. The van der Waals surface area contributed by atoms with Crippen LogP contribution in [0, 0.1) is 0 Å². The van der Waals surface area contributed by atoms with Gasteiger partial charge in [-0.2, -0.15) is 13.2 Å². The van der Waals surface area contributed by atoms with Gasteiger partial charge in [-0.1, -0.05) is 17.7 Å². The van der Waals surface area contributed by atoms with Crippen LogP contribution in [0.5, 0.6) is 11.5 Å². The molecular weight excluding hydrogens is 499 g/mol. The fraction of sp³-hybridized carbons (Fsp3) is 0.154. The molecule has 3 aromatic rings. The number of hydrogen-bond donors (Lipinski definition) is 1. The van der Waals surface area contributed by atoms with Crippen molar-refractivity contribution in [1.29, 1.82) is 0 Å². The van der Waals surface area contributed by atoms with Gasteiger partial charge in [-0.05, 0) is 54.6 Å². The minimum atomic E-state index is -4.68. The van der Waals surface area contributed by atoms with Crippen LogP contribution in [-0.4, -0.2) is 31.0 Å². The largest absolute Gasteiger partial charge is 0.507 e. The number of aliphatic hydroxyl groups excluding tert-OH is 1. The van der Waals surface area contributed by atoms with E-state index in [0.29, 0.717) is 10.8 Å². The van der Waals surface area contributed by atoms with Crippen LogP contribution in [-0.2, 0) is 15.8 Å². The number of hydrogen-bond acceptors (Lipinski definition) is 5.